The van der Waals surface area contributed by atoms with Gasteiger partial charge in [0.1, 0.15) is 17.3 Å². The van der Waals surface area contributed by atoms with Crippen LogP contribution in [0.1, 0.15) is 240 Å². The summed E-state index contributed by atoms with van der Waals surface area (Å²) >= 11 is 7.02. The first-order valence-corrected chi connectivity index (χ1v) is 42.3. The maximum atomic E-state index is 12.4. The number of imide groups is 2. The first-order chi connectivity index (χ1) is 52.9. The number of allylic oxidation sites excluding steroid dienone is 2. The van der Waals surface area contributed by atoms with Gasteiger partial charge in [0.25, 0.3) is 23.6 Å². The van der Waals surface area contributed by atoms with Gasteiger partial charge in [-0.1, -0.05) is 137 Å². The summed E-state index contributed by atoms with van der Waals surface area (Å²) in [5, 5.41) is 11.0. The Kier molecular flexibility index (Phi) is 35.2. The average molecular weight is 1710 g/mol. The van der Waals surface area contributed by atoms with Crippen molar-refractivity contribution in [2.45, 2.75) is 221 Å². The van der Waals surface area contributed by atoms with Crippen molar-refractivity contribution < 1.29 is 59.4 Å². The Bertz CT molecular complexity index is 4500. The Morgan fingerprint density at radius 3 is 1.55 bits per heavy atom. The first kappa shape index (κ1) is 89.2. The van der Waals surface area contributed by atoms with Crippen LogP contribution in [0, 0.1) is 75.1 Å². The number of ether oxygens (including phenoxy) is 1. The van der Waals surface area contributed by atoms with Crippen molar-refractivity contribution in [3.05, 3.63) is 247 Å². The smallest absolute Gasteiger partial charge is 0.262 e. The fourth-order valence-electron chi connectivity index (χ4n) is 15.9. The summed E-state index contributed by atoms with van der Waals surface area (Å²) in [7, 11) is 0. The Morgan fingerprint density at radius 1 is 0.658 bits per heavy atom. The molecule has 0 radical (unpaired) electrons. The fourth-order valence-corrected chi connectivity index (χ4v) is 19.1. The molecule has 1 aromatic heterocycles. The standard InChI is InChI=1S/C21H22Br2O.C18H21NO3.C13H13NO2.C11H12O2.C10H15N.C10H12.C6H8N.C6H2.CH4.Mo.2H2/c1-12-17(22)10-13-6-2-4-8-15(13)19(12)20-16-9-5-3-7-14(16)11-18(23)21(20)24;1-3-13(9-5-6-10-14(20)4-2)19-17(21)15-11-7-8-12-16(15)18(19)22;1-3-9(4-2)14-12(15)10-7-5-6-8-11(10)13(14)16;1-2-3-9-11(12)13-10-7-5-4-6-8-10;11-10-4-7-1-8(5-10)3-9(2-7)6-10;1-10(2,3)9-7-5-4-6-8-9;1-5-3-4-6(2)7-5;1-3-5-6-4-2;;;;/h10-11,24H,2-9H2,1H3;5,7-9,11-13H,3-4,6,10H2,1-2H3;3,5-9H,1,4H2,2H3;2,4-8H,1,3,9H2;7-9H,1-6H2;1,4-8H,2-3H3;3-4H,1-2H3;1-2H;1H4;;2*1H/q;;;;;;-1;;;;;/b;9-5-;;;;;;;;;;/t;13-;9-;;;;;;;;;/m.01........./s1. The topological polar surface area (TPSA) is 165 Å². The number of terminal acetylenes is 2. The molecular weight excluding hydrogens is 1590 g/mol. The number of Topliss-reactive ketones (excluding diaryl/α,β-unsaturated/α-hetero) is 1. The molecule has 0 unspecified atom stereocenters. The number of aryl methyl sites for hydroxylation is 4. The zero-order valence-corrected chi connectivity index (χ0v) is 70.3. The van der Waals surface area contributed by atoms with Crippen LogP contribution in [-0.2, 0) is 58.6 Å². The second kappa shape index (κ2) is 43.7. The van der Waals surface area contributed by atoms with E-state index in [1.54, 1.807) is 72.8 Å². The number of esters is 1. The van der Waals surface area contributed by atoms with Crippen molar-refractivity contribution in [3.63, 3.8) is 0 Å². The Labute approximate surface area is 688 Å². The van der Waals surface area contributed by atoms with E-state index in [1.807, 2.05) is 77.1 Å². The number of carbonyl (C=O) groups excluding carboxylic acids is 6. The molecule has 3 heterocycles. The number of fused-ring (bicyclic) bond motifs is 4. The number of aromatic nitrogens is 1. The number of halogens is 2. The van der Waals surface area contributed by atoms with E-state index < -0.39 is 0 Å². The predicted octanol–water partition coefficient (Wildman–Crippen LogP) is 22.5. The molecule has 6 aliphatic carbocycles. The van der Waals surface area contributed by atoms with Crippen LogP contribution in [0.4, 0.5) is 0 Å². The van der Waals surface area contributed by atoms with Gasteiger partial charge in [0, 0.05) is 32.2 Å². The number of nitrogens with zero attached hydrogens (tertiary/aromatic N) is 4. The molecule has 4 saturated carbocycles. The number of rotatable bonds is 18. The summed E-state index contributed by atoms with van der Waals surface area (Å²) in [6, 6.07) is 41.8. The number of carbonyl (C=O) groups is 6. The molecule has 586 valence electrons. The third-order valence-corrected chi connectivity index (χ3v) is 25.6. The van der Waals surface area contributed by atoms with E-state index in [-0.39, 0.29) is 81.1 Å². The molecule has 0 spiro atoms. The van der Waals surface area contributed by atoms with Gasteiger partial charge in [-0.05, 0) is 205 Å². The molecular formula is C96H113Br2MoN4O8-. The number of para-hydroxylation sites is 1. The van der Waals surface area contributed by atoms with Crippen molar-refractivity contribution in [2.75, 3.05) is 0 Å². The van der Waals surface area contributed by atoms with Crippen molar-refractivity contribution in [2.24, 2.45) is 21.2 Å². The van der Waals surface area contributed by atoms with Gasteiger partial charge in [0.2, 0.25) is 0 Å². The molecule has 1 N–H and O–H groups in total. The van der Waals surface area contributed by atoms with E-state index in [0.717, 1.165) is 64.9 Å². The molecule has 4 bridgehead atoms. The van der Waals surface area contributed by atoms with Crippen LogP contribution >= 0.6 is 31.9 Å². The van der Waals surface area contributed by atoms with E-state index in [9.17, 15) is 33.9 Å². The van der Waals surface area contributed by atoms with Gasteiger partial charge in [-0.25, -0.2) is 0 Å². The normalized spacial score (nSPS) is 18.0. The van der Waals surface area contributed by atoms with Crippen LogP contribution in [-0.4, -0.2) is 72.3 Å². The van der Waals surface area contributed by atoms with Gasteiger partial charge in [0.05, 0.1) is 38.8 Å². The molecule has 15 heteroatoms. The van der Waals surface area contributed by atoms with Gasteiger partial charge >= 0.3 is 149 Å². The van der Waals surface area contributed by atoms with Gasteiger partial charge in [-0.2, -0.15) is 11.4 Å². The molecule has 2 atom stereocenters. The zero-order chi connectivity index (χ0) is 79.5. The summed E-state index contributed by atoms with van der Waals surface area (Å²) in [6.07, 6.45) is 38.9. The van der Waals surface area contributed by atoms with Gasteiger partial charge in [0.15, 0.2) is 0 Å². The maximum absolute atomic E-state index is 12.4. The molecule has 4 fully saturated rings. The van der Waals surface area contributed by atoms with Crippen LogP contribution in [0.15, 0.2) is 183 Å². The van der Waals surface area contributed by atoms with Crippen LogP contribution in [0.2, 0.25) is 0 Å². The van der Waals surface area contributed by atoms with E-state index in [1.165, 1.54) is 117 Å². The Hall–Kier alpha value is -8.96. The largest absolute Gasteiger partial charge is 0.665 e. The SMILES string of the molecule is C.C#CC#CC#C.C=CCCC(=O)Oc1ccccc1.C=C[C@H](CC)N1C(=O)c2ccccc2C1=O.CC(C)([CH]=[Mo]=[N]C12CC3CC(CC(C3)C1)C2)c1ccccc1.CCC(=O)CC/C=C\[C@H](CC)N1C(=O)c2ccccc2C1=O.Cc1c(Br)cc2c(c1-c1c(O)c(Br)cc3c1CCCC3)CCCC2.Cc1ccc(C)[n-]1.[HH].[HH]. The second-order valence-corrected chi connectivity index (χ2v) is 32.9. The van der Waals surface area contributed by atoms with Crippen LogP contribution in [0.5, 0.6) is 11.5 Å². The molecule has 2 aliphatic heterocycles. The predicted molar refractivity (Wildman–Crippen MR) is 459 cm³/mol. The van der Waals surface area contributed by atoms with Crippen molar-refractivity contribution in [3.8, 4) is 59.2 Å². The van der Waals surface area contributed by atoms with Gasteiger partial charge in [-0.3, -0.25) is 38.6 Å². The molecule has 4 amide bonds. The minimum atomic E-state index is -0.353. The van der Waals surface area contributed by atoms with E-state index in [4.69, 9.17) is 21.1 Å². The van der Waals surface area contributed by atoms with Gasteiger partial charge < -0.3 is 14.8 Å². The molecule has 8 aliphatic rings. The van der Waals surface area contributed by atoms with Crippen LogP contribution < -0.4 is 9.72 Å². The minimum Gasteiger partial charge on any atom is -0.665 e. The Balaban J connectivity index is 0.000000244. The third kappa shape index (κ3) is 24.0. The zero-order valence-electron chi connectivity index (χ0n) is 65.2. The molecule has 12 nitrogen and oxygen atoms in total. The summed E-state index contributed by atoms with van der Waals surface area (Å²) in [5.41, 5.74) is 15.5. The monoisotopic (exact) mass is 1710 g/mol. The van der Waals surface area contributed by atoms with E-state index in [2.05, 4.69) is 141 Å². The van der Waals surface area contributed by atoms with Crippen molar-refractivity contribution in [1.82, 2.24) is 14.8 Å². The van der Waals surface area contributed by atoms with Gasteiger partial charge in [-0.15, -0.1) is 26.0 Å². The number of aromatic hydroxyl groups is 1. The van der Waals surface area contributed by atoms with E-state index in [0.29, 0.717) is 84.2 Å². The quantitative estimate of drug-likeness (QED) is 0.0220. The number of benzene rings is 6. The molecule has 111 heavy (non-hydrogen) atoms. The minimum absolute atomic E-state index is 0. The summed E-state index contributed by atoms with van der Waals surface area (Å²) in [6.45, 7) is 23.8. The third-order valence-electron chi connectivity index (χ3n) is 21.2. The molecule has 7 aromatic rings. The molecule has 0 saturated heterocycles. The molecule has 6 aromatic carbocycles. The van der Waals surface area contributed by atoms with Crippen molar-refractivity contribution >= 4 is 71.6 Å². The average Bonchev–Trinajstić information content (AvgIpc) is 1.71. The number of phenols is 1. The van der Waals surface area contributed by atoms with Crippen LogP contribution in [0.3, 0.4) is 0 Å². The second-order valence-electron chi connectivity index (χ2n) is 29.7. The van der Waals surface area contributed by atoms with E-state index >= 15 is 0 Å². The summed E-state index contributed by atoms with van der Waals surface area (Å²) in [5.74, 6) is 11.8. The number of hydrogen-bond acceptors (Lipinski definition) is 9. The van der Waals surface area contributed by atoms with Crippen LogP contribution in [0.25, 0.3) is 11.1 Å². The number of hydrogen-bond donors (Lipinski definition) is 1. The molecule has 15 rings (SSSR count). The fraction of sp³-hybridized carbons (Fsp3) is 0.385. The maximum Gasteiger partial charge on any atom is 0.262 e. The summed E-state index contributed by atoms with van der Waals surface area (Å²) < 4.78 is 15.0. The van der Waals surface area contributed by atoms with Crippen molar-refractivity contribution in [1.29, 1.82) is 0 Å². The number of amides is 4. The number of phenolic OH excluding ortho intramolecular Hbond substituents is 1. The first-order valence-electron chi connectivity index (χ1n) is 38.7. The summed E-state index contributed by atoms with van der Waals surface area (Å²) in [4.78, 5) is 78.0. The number of ketones is 1. The Morgan fingerprint density at radius 2 is 1.11 bits per heavy atom.